The number of nitrogens with one attached hydrogen (secondary N) is 1. The van der Waals surface area contributed by atoms with E-state index in [1.54, 1.807) is 0 Å². The van der Waals surface area contributed by atoms with E-state index in [1.807, 2.05) is 12.1 Å². The summed E-state index contributed by atoms with van der Waals surface area (Å²) in [6.07, 6.45) is 7.24. The minimum atomic E-state index is 0.809. The van der Waals surface area contributed by atoms with Crippen LogP contribution in [0.5, 0.6) is 0 Å². The van der Waals surface area contributed by atoms with E-state index in [2.05, 4.69) is 30.4 Å². The lowest BCUT2D eigenvalue weighted by Crippen LogP contribution is -2.16. The standard InChI is InChI=1S/C15H20ClN/c1-12(3-2-10-17-15-8-9-15)11-13-4-6-14(16)7-5-13/h3-7,15,17H,2,8-11H2,1H3. The van der Waals surface area contributed by atoms with Crippen molar-refractivity contribution in [3.05, 3.63) is 46.5 Å². The molecule has 0 saturated heterocycles. The summed E-state index contributed by atoms with van der Waals surface area (Å²) in [6, 6.07) is 8.93. The van der Waals surface area contributed by atoms with Gasteiger partial charge in [0.15, 0.2) is 0 Å². The third-order valence-corrected chi connectivity index (χ3v) is 3.30. The molecule has 1 aliphatic rings. The van der Waals surface area contributed by atoms with Crippen molar-refractivity contribution in [1.82, 2.24) is 5.32 Å². The van der Waals surface area contributed by atoms with E-state index < -0.39 is 0 Å². The predicted molar refractivity (Wildman–Crippen MR) is 74.6 cm³/mol. The van der Waals surface area contributed by atoms with Crippen LogP contribution >= 0.6 is 11.6 Å². The number of benzene rings is 1. The van der Waals surface area contributed by atoms with Gasteiger partial charge in [-0.3, -0.25) is 0 Å². The van der Waals surface area contributed by atoms with E-state index in [-0.39, 0.29) is 0 Å². The third kappa shape index (κ3) is 4.93. The molecular weight excluding hydrogens is 230 g/mol. The lowest BCUT2D eigenvalue weighted by molar-refractivity contribution is 0.688. The lowest BCUT2D eigenvalue weighted by atomic mass is 10.1. The molecular formula is C15H20ClN. The van der Waals surface area contributed by atoms with Gasteiger partial charge < -0.3 is 5.32 Å². The normalized spacial score (nSPS) is 16.2. The van der Waals surface area contributed by atoms with Gasteiger partial charge >= 0.3 is 0 Å². The molecule has 0 aromatic heterocycles. The number of rotatable bonds is 6. The van der Waals surface area contributed by atoms with Crippen LogP contribution in [0, 0.1) is 0 Å². The molecule has 0 atom stereocenters. The fourth-order valence-electron chi connectivity index (χ4n) is 1.89. The summed E-state index contributed by atoms with van der Waals surface area (Å²) >= 11 is 5.86. The molecule has 92 valence electrons. The van der Waals surface area contributed by atoms with Crippen LogP contribution in [0.4, 0.5) is 0 Å². The van der Waals surface area contributed by atoms with Gasteiger partial charge in [0.05, 0.1) is 0 Å². The highest BCUT2D eigenvalue weighted by atomic mass is 35.5. The summed E-state index contributed by atoms with van der Waals surface area (Å²) in [6.45, 7) is 3.31. The summed E-state index contributed by atoms with van der Waals surface area (Å²) in [4.78, 5) is 0. The van der Waals surface area contributed by atoms with E-state index in [0.29, 0.717) is 0 Å². The zero-order chi connectivity index (χ0) is 12.1. The summed E-state index contributed by atoms with van der Waals surface area (Å²) in [7, 11) is 0. The van der Waals surface area contributed by atoms with E-state index in [4.69, 9.17) is 11.6 Å². The van der Waals surface area contributed by atoms with Gasteiger partial charge in [-0.1, -0.05) is 35.4 Å². The molecule has 0 heterocycles. The molecule has 1 fully saturated rings. The zero-order valence-corrected chi connectivity index (χ0v) is 11.1. The second-order valence-corrected chi connectivity index (χ2v) is 5.31. The molecule has 0 aliphatic heterocycles. The lowest BCUT2D eigenvalue weighted by Gasteiger charge is -2.03. The van der Waals surface area contributed by atoms with Gasteiger partial charge in [0, 0.05) is 11.1 Å². The first-order valence-corrected chi connectivity index (χ1v) is 6.75. The van der Waals surface area contributed by atoms with Gasteiger partial charge in [-0.15, -0.1) is 0 Å². The Kier molecular flexibility index (Phi) is 4.64. The Morgan fingerprint density at radius 1 is 1.35 bits per heavy atom. The molecule has 1 saturated carbocycles. The summed E-state index contributed by atoms with van der Waals surface area (Å²) in [5.74, 6) is 0. The fraction of sp³-hybridized carbons (Fsp3) is 0.467. The maximum Gasteiger partial charge on any atom is 0.0406 e. The molecule has 0 spiro atoms. The van der Waals surface area contributed by atoms with Crippen LogP contribution in [0.3, 0.4) is 0 Å². The Labute approximate surface area is 109 Å². The van der Waals surface area contributed by atoms with Crippen molar-refractivity contribution in [1.29, 1.82) is 0 Å². The van der Waals surface area contributed by atoms with E-state index in [1.165, 1.54) is 24.0 Å². The Morgan fingerprint density at radius 3 is 2.71 bits per heavy atom. The van der Waals surface area contributed by atoms with Crippen molar-refractivity contribution in [3.63, 3.8) is 0 Å². The topological polar surface area (TPSA) is 12.0 Å². The maximum absolute atomic E-state index is 5.86. The van der Waals surface area contributed by atoms with Crippen LogP contribution in [0.2, 0.25) is 5.02 Å². The summed E-state index contributed by atoms with van der Waals surface area (Å²) in [5.41, 5.74) is 2.77. The van der Waals surface area contributed by atoms with Gasteiger partial charge in [-0.05, 0) is 56.8 Å². The largest absolute Gasteiger partial charge is 0.314 e. The molecule has 1 nitrogen and oxygen atoms in total. The minimum absolute atomic E-state index is 0.809. The van der Waals surface area contributed by atoms with Crippen LogP contribution in [-0.2, 0) is 6.42 Å². The van der Waals surface area contributed by atoms with E-state index >= 15 is 0 Å². The van der Waals surface area contributed by atoms with Crippen LogP contribution in [0.25, 0.3) is 0 Å². The molecule has 2 heteroatoms. The van der Waals surface area contributed by atoms with Crippen molar-refractivity contribution in [3.8, 4) is 0 Å². The molecule has 17 heavy (non-hydrogen) atoms. The highest BCUT2D eigenvalue weighted by Crippen LogP contribution is 2.18. The molecule has 2 rings (SSSR count). The number of hydrogen-bond acceptors (Lipinski definition) is 1. The first-order chi connectivity index (χ1) is 8.24. The molecule has 1 aliphatic carbocycles. The molecule has 0 bridgehead atoms. The Morgan fingerprint density at radius 2 is 2.06 bits per heavy atom. The van der Waals surface area contributed by atoms with Crippen molar-refractivity contribution in [2.45, 2.75) is 38.6 Å². The second-order valence-electron chi connectivity index (χ2n) is 4.87. The van der Waals surface area contributed by atoms with Gasteiger partial charge in [0.25, 0.3) is 0 Å². The van der Waals surface area contributed by atoms with Gasteiger partial charge in [0.2, 0.25) is 0 Å². The van der Waals surface area contributed by atoms with Crippen LogP contribution in [-0.4, -0.2) is 12.6 Å². The van der Waals surface area contributed by atoms with Crippen LogP contribution in [0.1, 0.15) is 31.7 Å². The van der Waals surface area contributed by atoms with E-state index in [0.717, 1.165) is 30.5 Å². The summed E-state index contributed by atoms with van der Waals surface area (Å²) in [5, 5.41) is 4.33. The molecule has 0 radical (unpaired) electrons. The highest BCUT2D eigenvalue weighted by molar-refractivity contribution is 6.30. The monoisotopic (exact) mass is 249 g/mol. The Bertz CT molecular complexity index is 376. The van der Waals surface area contributed by atoms with Crippen molar-refractivity contribution in [2.75, 3.05) is 6.54 Å². The molecule has 1 aromatic rings. The van der Waals surface area contributed by atoms with Crippen molar-refractivity contribution >= 4 is 11.6 Å². The van der Waals surface area contributed by atoms with Gasteiger partial charge in [0.1, 0.15) is 0 Å². The van der Waals surface area contributed by atoms with Crippen molar-refractivity contribution < 1.29 is 0 Å². The fourth-order valence-corrected chi connectivity index (χ4v) is 2.02. The average Bonchev–Trinajstić information content (AvgIpc) is 3.12. The SMILES string of the molecule is CC(=CCCNC1CC1)Cc1ccc(Cl)cc1. The number of allylic oxidation sites excluding steroid dienone is 1. The zero-order valence-electron chi connectivity index (χ0n) is 10.4. The average molecular weight is 250 g/mol. The highest BCUT2D eigenvalue weighted by Gasteiger charge is 2.19. The molecule has 1 aromatic carbocycles. The smallest absolute Gasteiger partial charge is 0.0406 e. The summed E-state index contributed by atoms with van der Waals surface area (Å²) < 4.78 is 0. The quantitative estimate of drug-likeness (QED) is 0.594. The van der Waals surface area contributed by atoms with Crippen LogP contribution < -0.4 is 5.32 Å². The van der Waals surface area contributed by atoms with Gasteiger partial charge in [-0.2, -0.15) is 0 Å². The molecule has 1 N–H and O–H groups in total. The van der Waals surface area contributed by atoms with Crippen molar-refractivity contribution in [2.24, 2.45) is 0 Å². The predicted octanol–water partition coefficient (Wildman–Crippen LogP) is 3.97. The minimum Gasteiger partial charge on any atom is -0.314 e. The second kappa shape index (κ2) is 6.23. The molecule has 0 unspecified atom stereocenters. The first kappa shape index (κ1) is 12.7. The number of hydrogen-bond donors (Lipinski definition) is 1. The number of halogens is 1. The Balaban J connectivity index is 1.72. The van der Waals surface area contributed by atoms with E-state index in [9.17, 15) is 0 Å². The third-order valence-electron chi connectivity index (χ3n) is 3.04. The Hall–Kier alpha value is -0.790. The first-order valence-electron chi connectivity index (χ1n) is 6.37. The molecule has 0 amide bonds. The van der Waals surface area contributed by atoms with Crippen LogP contribution in [0.15, 0.2) is 35.9 Å². The van der Waals surface area contributed by atoms with Gasteiger partial charge in [-0.25, -0.2) is 0 Å². The maximum atomic E-state index is 5.86.